The fourth-order valence-electron chi connectivity index (χ4n) is 3.32. The van der Waals surface area contributed by atoms with Crippen LogP contribution >= 0.6 is 0 Å². The first-order valence-corrected chi connectivity index (χ1v) is 10.1. The largest absolute Gasteiger partial charge is 0.494 e. The Labute approximate surface area is 176 Å². The molecular formula is C23H25N3O4. The van der Waals surface area contributed by atoms with Gasteiger partial charge in [-0.1, -0.05) is 0 Å². The average Bonchev–Trinajstić information content (AvgIpc) is 3.20. The number of nitrogens with zero attached hydrogens (tertiary/aromatic N) is 3. The number of carbonyl (C=O) groups excluding carboxylic acids is 2. The van der Waals surface area contributed by atoms with Gasteiger partial charge < -0.3 is 19.3 Å². The standard InChI is InChI=1S/C23H25N3O4/c1-2-29-20-10-6-19(7-11-20)26(16-4-14-24)23(28)17-30-21-12-8-18(9-13-21)25-15-3-5-22(25)27/h6-13H,2-5,15-17H2,1H3. The first-order valence-electron chi connectivity index (χ1n) is 10.1. The van der Waals surface area contributed by atoms with Crippen molar-refractivity contribution in [2.75, 3.05) is 36.1 Å². The third-order valence-electron chi connectivity index (χ3n) is 4.79. The minimum Gasteiger partial charge on any atom is -0.494 e. The summed E-state index contributed by atoms with van der Waals surface area (Å²) >= 11 is 0. The number of benzene rings is 2. The summed E-state index contributed by atoms with van der Waals surface area (Å²) in [6, 6.07) is 16.4. The maximum Gasteiger partial charge on any atom is 0.264 e. The van der Waals surface area contributed by atoms with E-state index in [-0.39, 0.29) is 31.4 Å². The fraction of sp³-hybridized carbons (Fsp3) is 0.348. The van der Waals surface area contributed by atoms with Crippen molar-refractivity contribution in [1.29, 1.82) is 5.26 Å². The van der Waals surface area contributed by atoms with E-state index in [1.54, 1.807) is 41.3 Å². The summed E-state index contributed by atoms with van der Waals surface area (Å²) in [5, 5.41) is 8.93. The van der Waals surface area contributed by atoms with E-state index in [1.165, 1.54) is 4.90 Å². The molecule has 0 N–H and O–H groups in total. The molecule has 0 aliphatic carbocycles. The van der Waals surface area contributed by atoms with E-state index in [4.69, 9.17) is 14.7 Å². The second-order valence-electron chi connectivity index (χ2n) is 6.81. The summed E-state index contributed by atoms with van der Waals surface area (Å²) in [5.74, 6) is 1.16. The van der Waals surface area contributed by atoms with Crippen LogP contribution in [0, 0.1) is 11.3 Å². The first-order chi connectivity index (χ1) is 14.6. The van der Waals surface area contributed by atoms with E-state index >= 15 is 0 Å². The maximum atomic E-state index is 12.8. The van der Waals surface area contributed by atoms with Gasteiger partial charge in [-0.3, -0.25) is 9.59 Å². The van der Waals surface area contributed by atoms with E-state index in [0.717, 1.165) is 24.4 Å². The van der Waals surface area contributed by atoms with Gasteiger partial charge in [0.25, 0.3) is 5.91 Å². The predicted octanol–water partition coefficient (Wildman–Crippen LogP) is 3.54. The summed E-state index contributed by atoms with van der Waals surface area (Å²) in [5.41, 5.74) is 1.52. The summed E-state index contributed by atoms with van der Waals surface area (Å²) < 4.78 is 11.1. The highest BCUT2D eigenvalue weighted by Crippen LogP contribution is 2.24. The van der Waals surface area contributed by atoms with Crippen LogP contribution in [0.3, 0.4) is 0 Å². The Hall–Kier alpha value is -3.53. The zero-order chi connectivity index (χ0) is 21.3. The number of rotatable bonds is 9. The number of amides is 2. The molecule has 0 radical (unpaired) electrons. The van der Waals surface area contributed by atoms with Crippen LogP contribution in [0.25, 0.3) is 0 Å². The van der Waals surface area contributed by atoms with Gasteiger partial charge in [0.1, 0.15) is 11.5 Å². The smallest absolute Gasteiger partial charge is 0.264 e. The lowest BCUT2D eigenvalue weighted by Crippen LogP contribution is -2.35. The van der Waals surface area contributed by atoms with Gasteiger partial charge in [0, 0.05) is 30.9 Å². The van der Waals surface area contributed by atoms with Gasteiger partial charge in [0.2, 0.25) is 5.91 Å². The molecule has 2 aromatic rings. The van der Waals surface area contributed by atoms with Crippen molar-refractivity contribution < 1.29 is 19.1 Å². The van der Waals surface area contributed by atoms with Crippen molar-refractivity contribution in [3.05, 3.63) is 48.5 Å². The highest BCUT2D eigenvalue weighted by atomic mass is 16.5. The SMILES string of the molecule is CCOc1ccc(N(CCC#N)C(=O)COc2ccc(N3CCCC3=O)cc2)cc1. The Morgan fingerprint density at radius 3 is 2.37 bits per heavy atom. The monoisotopic (exact) mass is 407 g/mol. The molecule has 1 aliphatic rings. The van der Waals surface area contributed by atoms with Crippen LogP contribution in [0.1, 0.15) is 26.2 Å². The zero-order valence-corrected chi connectivity index (χ0v) is 17.0. The summed E-state index contributed by atoms with van der Waals surface area (Å²) in [6.45, 7) is 3.33. The summed E-state index contributed by atoms with van der Waals surface area (Å²) in [4.78, 5) is 27.9. The third-order valence-corrected chi connectivity index (χ3v) is 4.79. The maximum absolute atomic E-state index is 12.8. The molecular weight excluding hydrogens is 382 g/mol. The quantitative estimate of drug-likeness (QED) is 0.635. The molecule has 0 aromatic heterocycles. The van der Waals surface area contributed by atoms with Gasteiger partial charge in [-0.2, -0.15) is 5.26 Å². The Kier molecular flexibility index (Phi) is 7.28. The first kappa shape index (κ1) is 21.2. The van der Waals surface area contributed by atoms with Crippen LogP contribution in [0.15, 0.2) is 48.5 Å². The van der Waals surface area contributed by atoms with Crippen LogP contribution in [0.4, 0.5) is 11.4 Å². The minimum atomic E-state index is -0.242. The molecule has 1 aliphatic heterocycles. The molecule has 1 heterocycles. The molecule has 156 valence electrons. The predicted molar refractivity (Wildman–Crippen MR) is 114 cm³/mol. The van der Waals surface area contributed by atoms with Crippen molar-refractivity contribution >= 4 is 23.2 Å². The Morgan fingerprint density at radius 2 is 1.77 bits per heavy atom. The van der Waals surface area contributed by atoms with Gasteiger partial charge in [0.15, 0.2) is 6.61 Å². The molecule has 30 heavy (non-hydrogen) atoms. The summed E-state index contributed by atoms with van der Waals surface area (Å²) in [6.07, 6.45) is 1.67. The minimum absolute atomic E-state index is 0.127. The number of ether oxygens (including phenoxy) is 2. The van der Waals surface area contributed by atoms with E-state index in [9.17, 15) is 9.59 Å². The number of anilines is 2. The molecule has 0 bridgehead atoms. The van der Waals surface area contributed by atoms with Crippen molar-refractivity contribution in [3.63, 3.8) is 0 Å². The van der Waals surface area contributed by atoms with E-state index < -0.39 is 0 Å². The fourth-order valence-corrected chi connectivity index (χ4v) is 3.32. The number of hydrogen-bond acceptors (Lipinski definition) is 5. The highest BCUT2D eigenvalue weighted by Gasteiger charge is 2.21. The third kappa shape index (κ3) is 5.29. The lowest BCUT2D eigenvalue weighted by Gasteiger charge is -2.22. The van der Waals surface area contributed by atoms with Gasteiger partial charge in [-0.25, -0.2) is 0 Å². The van der Waals surface area contributed by atoms with E-state index in [1.807, 2.05) is 19.1 Å². The molecule has 0 saturated carbocycles. The molecule has 2 aromatic carbocycles. The highest BCUT2D eigenvalue weighted by molar-refractivity contribution is 5.95. The van der Waals surface area contributed by atoms with Crippen molar-refractivity contribution in [3.8, 4) is 17.6 Å². The number of hydrogen-bond donors (Lipinski definition) is 0. The molecule has 1 saturated heterocycles. The molecule has 2 amide bonds. The molecule has 0 spiro atoms. The van der Waals surface area contributed by atoms with Crippen molar-refractivity contribution in [2.24, 2.45) is 0 Å². The number of nitriles is 1. The van der Waals surface area contributed by atoms with Crippen molar-refractivity contribution in [1.82, 2.24) is 0 Å². The summed E-state index contributed by atoms with van der Waals surface area (Å²) in [7, 11) is 0. The Balaban J connectivity index is 1.62. The second kappa shape index (κ2) is 10.3. The van der Waals surface area contributed by atoms with E-state index in [2.05, 4.69) is 6.07 Å². The molecule has 7 heteroatoms. The van der Waals surface area contributed by atoms with Gasteiger partial charge in [0.05, 0.1) is 19.1 Å². The van der Waals surface area contributed by atoms with Gasteiger partial charge in [-0.15, -0.1) is 0 Å². The number of carbonyl (C=O) groups is 2. The Bertz CT molecular complexity index is 904. The topological polar surface area (TPSA) is 82.9 Å². The zero-order valence-electron chi connectivity index (χ0n) is 17.0. The van der Waals surface area contributed by atoms with Crippen LogP contribution in [-0.2, 0) is 9.59 Å². The van der Waals surface area contributed by atoms with Crippen molar-refractivity contribution in [2.45, 2.75) is 26.2 Å². The van der Waals surface area contributed by atoms with Gasteiger partial charge in [-0.05, 0) is 61.9 Å². The molecule has 0 unspecified atom stereocenters. The second-order valence-corrected chi connectivity index (χ2v) is 6.81. The lowest BCUT2D eigenvalue weighted by atomic mass is 10.2. The van der Waals surface area contributed by atoms with Crippen LogP contribution < -0.4 is 19.3 Å². The van der Waals surface area contributed by atoms with E-state index in [0.29, 0.717) is 24.5 Å². The molecule has 0 atom stereocenters. The van der Waals surface area contributed by atoms with Crippen LogP contribution in [0.5, 0.6) is 11.5 Å². The van der Waals surface area contributed by atoms with Gasteiger partial charge >= 0.3 is 0 Å². The average molecular weight is 407 g/mol. The lowest BCUT2D eigenvalue weighted by molar-refractivity contribution is -0.120. The van der Waals surface area contributed by atoms with Crippen LogP contribution in [0.2, 0.25) is 0 Å². The van der Waals surface area contributed by atoms with Crippen LogP contribution in [-0.4, -0.2) is 38.1 Å². The molecule has 7 nitrogen and oxygen atoms in total. The molecule has 1 fully saturated rings. The normalized spacial score (nSPS) is 13.1. The molecule has 3 rings (SSSR count). The Morgan fingerprint density at radius 1 is 1.10 bits per heavy atom.